The number of amides is 1. The minimum atomic E-state index is -1.02. The van der Waals surface area contributed by atoms with Gasteiger partial charge in [-0.15, -0.1) is 0 Å². The van der Waals surface area contributed by atoms with Crippen LogP contribution in [0.1, 0.15) is 34.1 Å². The molecule has 0 saturated carbocycles. The number of carbonyl (C=O) groups excluding carboxylic acids is 1. The first-order valence-corrected chi connectivity index (χ1v) is 6.86. The molecule has 1 heterocycles. The maximum Gasteiger partial charge on any atom is 0.331 e. The molecular weight excluding hydrogens is 244 g/mol. The van der Waals surface area contributed by atoms with Crippen LogP contribution in [0.25, 0.3) is 0 Å². The molecule has 0 bridgehead atoms. The second-order valence-electron chi connectivity index (χ2n) is 4.97. The number of hydrogen-bond donors (Lipinski definition) is 1. The van der Waals surface area contributed by atoms with Crippen molar-refractivity contribution in [2.75, 3.05) is 26.2 Å². The van der Waals surface area contributed by atoms with Crippen molar-refractivity contribution in [3.63, 3.8) is 0 Å². The summed E-state index contributed by atoms with van der Waals surface area (Å²) in [6.07, 6.45) is 0.965. The summed E-state index contributed by atoms with van der Waals surface area (Å²) in [5.41, 5.74) is 0.476. The predicted octanol–water partition coefficient (Wildman–Crippen LogP) is 1.35. The molecule has 0 aromatic carbocycles. The van der Waals surface area contributed by atoms with Gasteiger partial charge in [-0.2, -0.15) is 0 Å². The van der Waals surface area contributed by atoms with Crippen molar-refractivity contribution in [2.24, 2.45) is 0 Å². The number of likely N-dealkylation sites (N-methyl/N-ethyl adjacent to an activating group) is 1. The van der Waals surface area contributed by atoms with E-state index >= 15 is 0 Å². The molecule has 0 radical (unpaired) electrons. The van der Waals surface area contributed by atoms with E-state index in [0.717, 1.165) is 19.5 Å². The van der Waals surface area contributed by atoms with Gasteiger partial charge in [0.25, 0.3) is 0 Å². The Bertz CT molecular complexity index is 386. The number of carboxylic acids is 1. The van der Waals surface area contributed by atoms with Gasteiger partial charge in [0.2, 0.25) is 5.91 Å². The molecular formula is C14H24N2O3. The van der Waals surface area contributed by atoms with E-state index in [2.05, 4.69) is 18.7 Å². The molecule has 1 N–H and O–H groups in total. The molecule has 1 saturated heterocycles. The van der Waals surface area contributed by atoms with Crippen LogP contribution in [-0.4, -0.2) is 59.0 Å². The highest BCUT2D eigenvalue weighted by Gasteiger charge is 2.30. The molecule has 0 spiro atoms. The van der Waals surface area contributed by atoms with Crippen molar-refractivity contribution < 1.29 is 14.7 Å². The Morgan fingerprint density at radius 1 is 1.21 bits per heavy atom. The van der Waals surface area contributed by atoms with Crippen LogP contribution < -0.4 is 0 Å². The second-order valence-corrected chi connectivity index (χ2v) is 4.97. The zero-order chi connectivity index (χ0) is 14.6. The Hall–Kier alpha value is -1.36. The third-order valence-electron chi connectivity index (χ3n) is 3.98. The van der Waals surface area contributed by atoms with E-state index in [1.165, 1.54) is 6.92 Å². The van der Waals surface area contributed by atoms with Gasteiger partial charge in [0.05, 0.1) is 0 Å². The van der Waals surface area contributed by atoms with Gasteiger partial charge < -0.3 is 10.0 Å². The lowest BCUT2D eigenvalue weighted by atomic mass is 10.1. The monoisotopic (exact) mass is 268 g/mol. The molecule has 5 heteroatoms. The van der Waals surface area contributed by atoms with Crippen LogP contribution in [-0.2, 0) is 9.59 Å². The summed E-state index contributed by atoms with van der Waals surface area (Å²) in [4.78, 5) is 27.2. The minimum Gasteiger partial charge on any atom is -0.478 e. The molecule has 19 heavy (non-hydrogen) atoms. The lowest BCUT2D eigenvalue weighted by molar-refractivity contribution is -0.133. The van der Waals surface area contributed by atoms with Crippen molar-refractivity contribution in [2.45, 2.75) is 40.2 Å². The average Bonchev–Trinajstić information content (AvgIpc) is 2.87. The van der Waals surface area contributed by atoms with Gasteiger partial charge in [-0.3, -0.25) is 9.69 Å². The smallest absolute Gasteiger partial charge is 0.331 e. The summed E-state index contributed by atoms with van der Waals surface area (Å²) in [5, 5.41) is 8.92. The van der Waals surface area contributed by atoms with E-state index in [9.17, 15) is 9.59 Å². The Balaban J connectivity index is 2.72. The van der Waals surface area contributed by atoms with Crippen LogP contribution in [0, 0.1) is 0 Å². The Labute approximate surface area is 114 Å². The maximum absolute atomic E-state index is 12.2. The molecule has 1 amide bonds. The van der Waals surface area contributed by atoms with Crippen LogP contribution in [0.4, 0.5) is 0 Å². The summed E-state index contributed by atoms with van der Waals surface area (Å²) in [6.45, 7) is 10.7. The topological polar surface area (TPSA) is 60.9 Å². The number of nitrogens with zero attached hydrogens (tertiary/aromatic N) is 2. The minimum absolute atomic E-state index is 0.135. The Kier molecular flexibility index (Phi) is 5.54. The summed E-state index contributed by atoms with van der Waals surface area (Å²) in [5.74, 6) is -1.17. The molecule has 5 nitrogen and oxygen atoms in total. The van der Waals surface area contributed by atoms with Gasteiger partial charge in [0.15, 0.2) is 0 Å². The Morgan fingerprint density at radius 2 is 1.79 bits per heavy atom. The average molecular weight is 268 g/mol. The lowest BCUT2D eigenvalue weighted by Gasteiger charge is -2.26. The van der Waals surface area contributed by atoms with E-state index in [-0.39, 0.29) is 11.5 Å². The summed E-state index contributed by atoms with van der Waals surface area (Å²) >= 11 is 0. The van der Waals surface area contributed by atoms with Crippen LogP contribution >= 0.6 is 0 Å². The van der Waals surface area contributed by atoms with Crippen LogP contribution in [0.2, 0.25) is 0 Å². The third-order valence-corrected chi connectivity index (χ3v) is 3.98. The zero-order valence-corrected chi connectivity index (χ0v) is 12.3. The van der Waals surface area contributed by atoms with E-state index in [1.807, 2.05) is 0 Å². The zero-order valence-electron chi connectivity index (χ0n) is 12.3. The standard InChI is InChI=1S/C14H24N2O3/c1-5-15(6-2)12-7-8-16(9-12)13(17)10(3)11(4)14(18)19/h12H,5-9H2,1-4H3,(H,18,19). The molecule has 0 aromatic heterocycles. The van der Waals surface area contributed by atoms with Crippen molar-refractivity contribution in [1.29, 1.82) is 0 Å². The first kappa shape index (κ1) is 15.7. The van der Waals surface area contributed by atoms with E-state index in [1.54, 1.807) is 11.8 Å². The number of hydrogen-bond acceptors (Lipinski definition) is 3. The van der Waals surface area contributed by atoms with Gasteiger partial charge >= 0.3 is 5.97 Å². The number of carbonyl (C=O) groups is 2. The summed E-state index contributed by atoms with van der Waals surface area (Å²) in [6, 6.07) is 0.400. The number of aliphatic carboxylic acids is 1. The predicted molar refractivity (Wildman–Crippen MR) is 73.9 cm³/mol. The molecule has 1 fully saturated rings. The van der Waals surface area contributed by atoms with Crippen molar-refractivity contribution in [3.8, 4) is 0 Å². The van der Waals surface area contributed by atoms with E-state index in [4.69, 9.17) is 5.11 Å². The fourth-order valence-corrected chi connectivity index (χ4v) is 2.52. The molecule has 0 aliphatic carbocycles. The molecule has 1 atom stereocenters. The summed E-state index contributed by atoms with van der Waals surface area (Å²) < 4.78 is 0. The first-order valence-electron chi connectivity index (χ1n) is 6.86. The highest BCUT2D eigenvalue weighted by atomic mass is 16.4. The fourth-order valence-electron chi connectivity index (χ4n) is 2.52. The van der Waals surface area contributed by atoms with Crippen LogP contribution in [0.15, 0.2) is 11.1 Å². The fraction of sp³-hybridized carbons (Fsp3) is 0.714. The summed E-state index contributed by atoms with van der Waals surface area (Å²) in [7, 11) is 0. The van der Waals surface area contributed by atoms with Crippen molar-refractivity contribution >= 4 is 11.9 Å². The highest BCUT2D eigenvalue weighted by Crippen LogP contribution is 2.18. The highest BCUT2D eigenvalue weighted by molar-refractivity contribution is 6.01. The molecule has 1 unspecified atom stereocenters. The molecule has 1 rings (SSSR count). The van der Waals surface area contributed by atoms with Gasteiger partial charge in [-0.25, -0.2) is 4.79 Å². The van der Waals surface area contributed by atoms with Crippen LogP contribution in [0.5, 0.6) is 0 Å². The molecule has 1 aliphatic rings. The Morgan fingerprint density at radius 3 is 2.26 bits per heavy atom. The normalized spacial score (nSPS) is 20.7. The van der Waals surface area contributed by atoms with Crippen LogP contribution in [0.3, 0.4) is 0 Å². The van der Waals surface area contributed by atoms with Crippen molar-refractivity contribution in [3.05, 3.63) is 11.1 Å². The van der Waals surface area contributed by atoms with Gasteiger partial charge in [-0.05, 0) is 33.4 Å². The van der Waals surface area contributed by atoms with E-state index in [0.29, 0.717) is 24.7 Å². The lowest BCUT2D eigenvalue weighted by Crippen LogP contribution is -2.39. The number of rotatable bonds is 5. The second kappa shape index (κ2) is 6.70. The molecule has 0 aromatic rings. The number of carboxylic acid groups (broad SMARTS) is 1. The maximum atomic E-state index is 12.2. The SMILES string of the molecule is CCN(CC)C1CCN(C(=O)C(C)=C(C)C(=O)O)C1. The van der Waals surface area contributed by atoms with E-state index < -0.39 is 5.97 Å². The number of likely N-dealkylation sites (tertiary alicyclic amines) is 1. The van der Waals surface area contributed by atoms with Gasteiger partial charge in [0.1, 0.15) is 0 Å². The molecule has 108 valence electrons. The third kappa shape index (κ3) is 3.56. The molecule has 1 aliphatic heterocycles. The van der Waals surface area contributed by atoms with Gasteiger partial charge in [-0.1, -0.05) is 13.8 Å². The van der Waals surface area contributed by atoms with Crippen molar-refractivity contribution in [1.82, 2.24) is 9.80 Å². The first-order chi connectivity index (χ1) is 8.92. The quantitative estimate of drug-likeness (QED) is 0.765. The largest absolute Gasteiger partial charge is 0.478 e. The van der Waals surface area contributed by atoms with Gasteiger partial charge in [0, 0.05) is 30.3 Å².